The Hall–Kier alpha value is -0.810. The summed E-state index contributed by atoms with van der Waals surface area (Å²) in [5.41, 5.74) is 0.268. The molecule has 1 aliphatic carbocycles. The van der Waals surface area contributed by atoms with Crippen LogP contribution in [0.1, 0.15) is 36.0 Å². The van der Waals surface area contributed by atoms with E-state index in [1.807, 2.05) is 0 Å². The fraction of sp³-hybridized carbons (Fsp3) is 0.467. The molecule has 2 aliphatic rings. The van der Waals surface area contributed by atoms with Crippen molar-refractivity contribution in [3.05, 3.63) is 24.8 Å². The molecule has 0 saturated heterocycles. The van der Waals surface area contributed by atoms with Gasteiger partial charge in [-0.25, -0.2) is 18.0 Å². The second kappa shape index (κ2) is 7.46. The fourth-order valence-corrected chi connectivity index (χ4v) is 4.05. The van der Waals surface area contributed by atoms with Crippen molar-refractivity contribution < 1.29 is 45.6 Å². The zero-order valence-corrected chi connectivity index (χ0v) is 18.9. The molecule has 0 atom stereocenters. The lowest BCUT2D eigenvalue weighted by Gasteiger charge is -2.41. The molecular weight excluding hydrogens is 632 g/mol. The highest BCUT2D eigenvalue weighted by molar-refractivity contribution is 14.1. The molecule has 1 aromatic rings. The van der Waals surface area contributed by atoms with Gasteiger partial charge in [0.05, 0.1) is 0 Å². The summed E-state index contributed by atoms with van der Waals surface area (Å²) in [6.45, 7) is 0. The molecule has 0 bridgehead atoms. The second-order valence-corrected chi connectivity index (χ2v) is 9.99. The van der Waals surface area contributed by atoms with E-state index >= 15 is 0 Å². The molecular formula is C15H11F2I2O8S-. The van der Waals surface area contributed by atoms with Gasteiger partial charge < -0.3 is 18.8 Å². The third kappa shape index (κ3) is 4.07. The number of ether oxygens (including phenoxy) is 3. The Morgan fingerprint density at radius 3 is 2.36 bits per heavy atom. The van der Waals surface area contributed by atoms with Crippen LogP contribution in [0.2, 0.25) is 0 Å². The van der Waals surface area contributed by atoms with Gasteiger partial charge in [0.2, 0.25) is 0 Å². The lowest BCUT2D eigenvalue weighted by molar-refractivity contribution is -0.196. The number of hydrogen-bond acceptors (Lipinski definition) is 8. The van der Waals surface area contributed by atoms with Gasteiger partial charge in [-0.2, -0.15) is 8.78 Å². The topological polar surface area (TPSA) is 119 Å². The first-order valence-corrected chi connectivity index (χ1v) is 11.4. The minimum atomic E-state index is -6.18. The van der Waals surface area contributed by atoms with Crippen LogP contribution in [-0.4, -0.2) is 42.1 Å². The smallest absolute Gasteiger partial charge is 0.428 e. The summed E-state index contributed by atoms with van der Waals surface area (Å²) in [6, 6.07) is 3.32. The van der Waals surface area contributed by atoms with Gasteiger partial charge in [-0.3, -0.25) is 0 Å². The monoisotopic (exact) mass is 643 g/mol. The molecule has 1 aromatic carbocycles. The van der Waals surface area contributed by atoms with E-state index in [0.717, 1.165) is 7.14 Å². The third-order valence-corrected chi connectivity index (χ3v) is 7.95. The predicted molar refractivity (Wildman–Crippen MR) is 104 cm³/mol. The maximum absolute atomic E-state index is 13.2. The van der Waals surface area contributed by atoms with Crippen LogP contribution in [0.5, 0.6) is 5.75 Å². The van der Waals surface area contributed by atoms with E-state index in [-0.39, 0.29) is 31.2 Å². The lowest BCUT2D eigenvalue weighted by atomic mass is 9.90. The molecule has 1 spiro atoms. The molecule has 0 radical (unpaired) electrons. The van der Waals surface area contributed by atoms with Crippen molar-refractivity contribution >= 4 is 67.2 Å². The van der Waals surface area contributed by atoms with Crippen LogP contribution < -0.4 is 4.74 Å². The molecule has 154 valence electrons. The van der Waals surface area contributed by atoms with Gasteiger partial charge in [0.15, 0.2) is 10.1 Å². The van der Waals surface area contributed by atoms with E-state index in [1.165, 1.54) is 0 Å². The standard InChI is InChI=1S/C15H12F2I2O8S/c16-15(17,28(22,23)24)13(21)25-7-1-3-14(4-2-7)26-11-6-10(19)9(18)5-8(11)12(20)27-14/h5-7H,1-4H2,(H,22,23,24)/p-1. The normalized spacial score (nSPS) is 24.9. The summed E-state index contributed by atoms with van der Waals surface area (Å²) in [7, 11) is -6.18. The minimum Gasteiger partial charge on any atom is -0.743 e. The summed E-state index contributed by atoms with van der Waals surface area (Å²) >= 11 is 4.15. The summed E-state index contributed by atoms with van der Waals surface area (Å²) < 4.78 is 75.4. The number of esters is 2. The van der Waals surface area contributed by atoms with Crippen molar-refractivity contribution in [1.82, 2.24) is 0 Å². The molecule has 1 saturated carbocycles. The first kappa shape index (κ1) is 21.9. The average Bonchev–Trinajstić information content (AvgIpc) is 2.58. The molecule has 0 unspecified atom stereocenters. The quantitative estimate of drug-likeness (QED) is 0.281. The van der Waals surface area contributed by atoms with Crippen molar-refractivity contribution in [2.24, 2.45) is 0 Å². The van der Waals surface area contributed by atoms with Crippen LogP contribution in [0.4, 0.5) is 8.78 Å². The number of carbonyl (C=O) groups excluding carboxylic acids is 2. The van der Waals surface area contributed by atoms with Crippen molar-refractivity contribution in [1.29, 1.82) is 0 Å². The highest BCUT2D eigenvalue weighted by atomic mass is 127. The summed E-state index contributed by atoms with van der Waals surface area (Å²) in [5.74, 6) is -3.99. The highest BCUT2D eigenvalue weighted by Crippen LogP contribution is 2.42. The van der Waals surface area contributed by atoms with E-state index in [9.17, 15) is 31.3 Å². The Bertz CT molecular complexity index is 942. The van der Waals surface area contributed by atoms with Crippen molar-refractivity contribution in [2.45, 2.75) is 42.8 Å². The van der Waals surface area contributed by atoms with Crippen LogP contribution in [0.25, 0.3) is 0 Å². The molecule has 1 heterocycles. The number of carbonyl (C=O) groups is 2. The largest absolute Gasteiger partial charge is 0.743 e. The Labute approximate surface area is 185 Å². The number of hydrogen-bond donors (Lipinski definition) is 0. The van der Waals surface area contributed by atoms with Crippen LogP contribution in [0, 0.1) is 7.14 Å². The van der Waals surface area contributed by atoms with Gasteiger partial charge in [0.25, 0.3) is 5.79 Å². The molecule has 0 N–H and O–H groups in total. The SMILES string of the molecule is O=C1OC2(CCC(OC(=O)C(F)(F)S(=O)(=O)[O-])CC2)Oc2cc(I)c(I)cc21. The lowest BCUT2D eigenvalue weighted by Crippen LogP contribution is -2.49. The molecule has 28 heavy (non-hydrogen) atoms. The Morgan fingerprint density at radius 2 is 1.79 bits per heavy atom. The number of rotatable bonds is 3. The van der Waals surface area contributed by atoms with E-state index in [4.69, 9.17) is 9.47 Å². The summed E-state index contributed by atoms with van der Waals surface area (Å²) in [4.78, 5) is 23.7. The predicted octanol–water partition coefficient (Wildman–Crippen LogP) is 2.77. The third-order valence-electron chi connectivity index (χ3n) is 4.34. The zero-order chi connectivity index (χ0) is 20.9. The van der Waals surface area contributed by atoms with Gasteiger partial charge in [0.1, 0.15) is 17.4 Å². The first-order chi connectivity index (χ1) is 12.8. The maximum atomic E-state index is 13.2. The van der Waals surface area contributed by atoms with Crippen molar-refractivity contribution in [3.63, 3.8) is 0 Å². The Kier molecular flexibility index (Phi) is 5.83. The first-order valence-electron chi connectivity index (χ1n) is 7.80. The van der Waals surface area contributed by atoms with Gasteiger partial charge in [0, 0.05) is 20.0 Å². The second-order valence-electron chi connectivity index (χ2n) is 6.24. The van der Waals surface area contributed by atoms with Gasteiger partial charge in [-0.1, -0.05) is 0 Å². The summed E-state index contributed by atoms with van der Waals surface area (Å²) in [5, 5.41) is -5.16. The molecule has 13 heteroatoms. The van der Waals surface area contributed by atoms with Crippen molar-refractivity contribution in [2.75, 3.05) is 0 Å². The van der Waals surface area contributed by atoms with E-state index in [1.54, 1.807) is 12.1 Å². The Morgan fingerprint density at radius 1 is 1.21 bits per heavy atom. The number of alkyl halides is 2. The maximum Gasteiger partial charge on any atom is 0.428 e. The zero-order valence-electron chi connectivity index (χ0n) is 13.7. The molecule has 1 aliphatic heterocycles. The fourth-order valence-electron chi connectivity index (χ4n) is 2.89. The average molecular weight is 643 g/mol. The molecule has 1 fully saturated rings. The Balaban J connectivity index is 1.69. The number of benzene rings is 1. The van der Waals surface area contributed by atoms with Gasteiger partial charge in [-0.15, -0.1) is 0 Å². The minimum absolute atomic E-state index is 0.0230. The van der Waals surface area contributed by atoms with Crippen molar-refractivity contribution in [3.8, 4) is 5.75 Å². The number of fused-ring (bicyclic) bond motifs is 1. The molecule has 0 amide bonds. The highest BCUT2D eigenvalue weighted by Gasteiger charge is 2.51. The van der Waals surface area contributed by atoms with Gasteiger partial charge >= 0.3 is 17.2 Å². The van der Waals surface area contributed by atoms with Crippen LogP contribution in [0.15, 0.2) is 12.1 Å². The number of halogens is 4. The molecule has 3 rings (SSSR count). The van der Waals surface area contributed by atoms with Crippen LogP contribution in [-0.2, 0) is 24.4 Å². The molecule has 8 nitrogen and oxygen atoms in total. The van der Waals surface area contributed by atoms with Crippen LogP contribution in [0.3, 0.4) is 0 Å². The van der Waals surface area contributed by atoms with E-state index in [2.05, 4.69) is 49.9 Å². The van der Waals surface area contributed by atoms with Gasteiger partial charge in [-0.05, 0) is 70.2 Å². The molecule has 0 aromatic heterocycles. The van der Waals surface area contributed by atoms with Crippen LogP contribution >= 0.6 is 45.2 Å². The van der Waals surface area contributed by atoms with E-state index in [0.29, 0.717) is 5.75 Å². The summed E-state index contributed by atoms with van der Waals surface area (Å²) in [6.07, 6.45) is -1.04. The van der Waals surface area contributed by atoms with E-state index < -0.39 is 39.2 Å².